The lowest BCUT2D eigenvalue weighted by atomic mass is 10.3. The van der Waals surface area contributed by atoms with Crippen LogP contribution in [0, 0.1) is 0 Å². The summed E-state index contributed by atoms with van der Waals surface area (Å²) in [5.74, 6) is -0.297. The largest absolute Gasteiger partial charge is 0.573 e. The smallest absolute Gasteiger partial charge is 0.406 e. The third-order valence-electron chi connectivity index (χ3n) is 2.12. The third kappa shape index (κ3) is 4.06. The van der Waals surface area contributed by atoms with E-state index in [0.29, 0.717) is 17.1 Å². The summed E-state index contributed by atoms with van der Waals surface area (Å²) in [5.41, 5.74) is 7.01. The van der Waals surface area contributed by atoms with Crippen LogP contribution in [-0.4, -0.2) is 11.3 Å². The van der Waals surface area contributed by atoms with Gasteiger partial charge in [-0.05, 0) is 18.2 Å². The Morgan fingerprint density at radius 3 is 2.58 bits per heavy atom. The molecule has 4 nitrogen and oxygen atoms in total. The molecule has 0 fully saturated rings. The molecule has 0 unspecified atom stereocenters. The molecule has 0 atom stereocenters. The number of anilines is 3. The molecular formula is C12H10F3N3O. The molecule has 0 spiro atoms. The number of nitrogens with two attached hydrogens (primary N) is 1. The highest BCUT2D eigenvalue weighted by atomic mass is 19.4. The summed E-state index contributed by atoms with van der Waals surface area (Å²) in [5, 5.41) is 2.88. The van der Waals surface area contributed by atoms with Crippen LogP contribution in [-0.2, 0) is 0 Å². The van der Waals surface area contributed by atoms with Gasteiger partial charge in [0, 0.05) is 18.0 Å². The van der Waals surface area contributed by atoms with Crippen molar-refractivity contribution in [3.8, 4) is 5.75 Å². The molecule has 2 aromatic rings. The highest BCUT2D eigenvalue weighted by Crippen LogP contribution is 2.26. The lowest BCUT2D eigenvalue weighted by molar-refractivity contribution is -0.274. The van der Waals surface area contributed by atoms with Crippen LogP contribution in [0.15, 0.2) is 42.7 Å². The van der Waals surface area contributed by atoms with E-state index in [-0.39, 0.29) is 5.75 Å². The van der Waals surface area contributed by atoms with E-state index in [2.05, 4.69) is 15.0 Å². The zero-order valence-corrected chi connectivity index (χ0v) is 9.61. The molecule has 0 saturated heterocycles. The van der Waals surface area contributed by atoms with Crippen molar-refractivity contribution < 1.29 is 17.9 Å². The fourth-order valence-electron chi connectivity index (χ4n) is 1.46. The van der Waals surface area contributed by atoms with Crippen molar-refractivity contribution >= 4 is 17.1 Å². The van der Waals surface area contributed by atoms with Crippen molar-refractivity contribution in [1.82, 2.24) is 4.98 Å². The monoisotopic (exact) mass is 269 g/mol. The minimum Gasteiger partial charge on any atom is -0.406 e. The molecule has 3 N–H and O–H groups in total. The van der Waals surface area contributed by atoms with E-state index in [1.165, 1.54) is 30.6 Å². The number of pyridine rings is 1. The Bertz CT molecular complexity index is 572. The molecule has 19 heavy (non-hydrogen) atoms. The molecule has 0 bridgehead atoms. The van der Waals surface area contributed by atoms with E-state index in [0.717, 1.165) is 0 Å². The second-order valence-electron chi connectivity index (χ2n) is 3.71. The average molecular weight is 269 g/mol. The van der Waals surface area contributed by atoms with Gasteiger partial charge in [0.15, 0.2) is 0 Å². The Kier molecular flexibility index (Phi) is 3.46. The van der Waals surface area contributed by atoms with Crippen LogP contribution >= 0.6 is 0 Å². The van der Waals surface area contributed by atoms with Gasteiger partial charge in [-0.25, -0.2) is 0 Å². The van der Waals surface area contributed by atoms with Crippen molar-refractivity contribution in [3.63, 3.8) is 0 Å². The first-order valence-electron chi connectivity index (χ1n) is 5.26. The van der Waals surface area contributed by atoms with E-state index in [1.807, 2.05) is 0 Å². The summed E-state index contributed by atoms with van der Waals surface area (Å²) in [6.07, 6.45) is -1.74. The summed E-state index contributed by atoms with van der Waals surface area (Å²) in [7, 11) is 0. The highest BCUT2D eigenvalue weighted by Gasteiger charge is 2.31. The van der Waals surface area contributed by atoms with E-state index in [1.54, 1.807) is 12.1 Å². The first kappa shape index (κ1) is 13.0. The fraction of sp³-hybridized carbons (Fsp3) is 0.0833. The molecule has 0 saturated carbocycles. The number of nitrogen functional groups attached to an aromatic ring is 1. The molecule has 0 aliphatic carbocycles. The maximum absolute atomic E-state index is 12.1. The van der Waals surface area contributed by atoms with Gasteiger partial charge in [0.05, 0.1) is 17.6 Å². The van der Waals surface area contributed by atoms with Crippen molar-refractivity contribution in [2.75, 3.05) is 11.1 Å². The minimum absolute atomic E-state index is 0.297. The Morgan fingerprint density at radius 2 is 1.89 bits per heavy atom. The van der Waals surface area contributed by atoms with Gasteiger partial charge in [0.1, 0.15) is 5.75 Å². The Balaban J connectivity index is 2.15. The number of ether oxygens (including phenoxy) is 1. The number of benzene rings is 1. The van der Waals surface area contributed by atoms with Gasteiger partial charge in [-0.1, -0.05) is 6.07 Å². The maximum Gasteiger partial charge on any atom is 0.573 e. The third-order valence-corrected chi connectivity index (χ3v) is 2.12. The van der Waals surface area contributed by atoms with Crippen LogP contribution < -0.4 is 15.8 Å². The second-order valence-corrected chi connectivity index (χ2v) is 3.71. The van der Waals surface area contributed by atoms with E-state index in [4.69, 9.17) is 5.73 Å². The van der Waals surface area contributed by atoms with Crippen LogP contribution in [0.2, 0.25) is 0 Å². The first-order valence-corrected chi connectivity index (χ1v) is 5.26. The number of aromatic nitrogens is 1. The van der Waals surface area contributed by atoms with Crippen LogP contribution in [0.25, 0.3) is 0 Å². The Labute approximate surface area is 107 Å². The molecule has 0 aliphatic rings. The minimum atomic E-state index is -4.71. The summed E-state index contributed by atoms with van der Waals surface area (Å²) < 4.78 is 40.1. The highest BCUT2D eigenvalue weighted by molar-refractivity contribution is 5.63. The van der Waals surface area contributed by atoms with Gasteiger partial charge in [-0.2, -0.15) is 0 Å². The van der Waals surface area contributed by atoms with E-state index < -0.39 is 6.36 Å². The first-order chi connectivity index (χ1) is 8.92. The van der Waals surface area contributed by atoms with Gasteiger partial charge in [0.2, 0.25) is 0 Å². The summed E-state index contributed by atoms with van der Waals surface area (Å²) in [6.45, 7) is 0. The quantitative estimate of drug-likeness (QED) is 0.897. The Morgan fingerprint density at radius 1 is 1.11 bits per heavy atom. The number of nitrogens with zero attached hydrogens (tertiary/aromatic N) is 1. The number of hydrogen-bond donors (Lipinski definition) is 2. The molecule has 1 heterocycles. The van der Waals surface area contributed by atoms with Gasteiger partial charge in [-0.3, -0.25) is 4.98 Å². The zero-order chi connectivity index (χ0) is 13.9. The van der Waals surface area contributed by atoms with Gasteiger partial charge < -0.3 is 15.8 Å². The maximum atomic E-state index is 12.1. The molecule has 1 aromatic heterocycles. The number of alkyl halides is 3. The predicted octanol–water partition coefficient (Wildman–Crippen LogP) is 3.31. The standard InChI is InChI=1S/C12H10F3N3O/c13-12(14,15)19-11-3-1-2-9(5-11)18-10-4-8(16)6-17-7-10/h1-7,18H,16H2. The molecule has 7 heteroatoms. The average Bonchev–Trinajstić information content (AvgIpc) is 2.27. The second kappa shape index (κ2) is 5.05. The summed E-state index contributed by atoms with van der Waals surface area (Å²) >= 11 is 0. The van der Waals surface area contributed by atoms with Gasteiger partial charge >= 0.3 is 6.36 Å². The molecule has 0 aliphatic heterocycles. The summed E-state index contributed by atoms with van der Waals surface area (Å²) in [6, 6.07) is 7.12. The lowest BCUT2D eigenvalue weighted by Crippen LogP contribution is -2.17. The number of halogens is 3. The van der Waals surface area contributed by atoms with Crippen molar-refractivity contribution in [3.05, 3.63) is 42.7 Å². The predicted molar refractivity (Wildman–Crippen MR) is 65.1 cm³/mol. The SMILES string of the molecule is Nc1cncc(Nc2cccc(OC(F)(F)F)c2)c1. The zero-order valence-electron chi connectivity index (χ0n) is 9.61. The van der Waals surface area contributed by atoms with Crippen LogP contribution in [0.5, 0.6) is 5.75 Å². The lowest BCUT2D eigenvalue weighted by Gasteiger charge is -2.11. The van der Waals surface area contributed by atoms with E-state index in [9.17, 15) is 13.2 Å². The molecular weight excluding hydrogens is 259 g/mol. The molecule has 2 rings (SSSR count). The topological polar surface area (TPSA) is 60.2 Å². The molecule has 0 amide bonds. The van der Waals surface area contributed by atoms with Crippen LogP contribution in [0.4, 0.5) is 30.2 Å². The number of nitrogens with one attached hydrogen (secondary N) is 1. The van der Waals surface area contributed by atoms with Gasteiger partial charge in [0.25, 0.3) is 0 Å². The fourth-order valence-corrected chi connectivity index (χ4v) is 1.46. The van der Waals surface area contributed by atoms with Gasteiger partial charge in [-0.15, -0.1) is 13.2 Å². The number of rotatable bonds is 3. The van der Waals surface area contributed by atoms with E-state index >= 15 is 0 Å². The van der Waals surface area contributed by atoms with Crippen molar-refractivity contribution in [1.29, 1.82) is 0 Å². The molecule has 0 radical (unpaired) electrons. The molecule has 1 aromatic carbocycles. The van der Waals surface area contributed by atoms with Crippen LogP contribution in [0.1, 0.15) is 0 Å². The Hall–Kier alpha value is -2.44. The molecule has 100 valence electrons. The van der Waals surface area contributed by atoms with Crippen LogP contribution in [0.3, 0.4) is 0 Å². The van der Waals surface area contributed by atoms with Crippen molar-refractivity contribution in [2.45, 2.75) is 6.36 Å². The summed E-state index contributed by atoms with van der Waals surface area (Å²) in [4.78, 5) is 3.86. The normalized spacial score (nSPS) is 11.1. The number of hydrogen-bond acceptors (Lipinski definition) is 4. The van der Waals surface area contributed by atoms with Crippen molar-refractivity contribution in [2.24, 2.45) is 0 Å².